The average Bonchev–Trinajstić information content (AvgIpc) is 4.08. The van der Waals surface area contributed by atoms with E-state index in [0.29, 0.717) is 40.5 Å². The summed E-state index contributed by atoms with van der Waals surface area (Å²) < 4.78 is 8.76. The molecule has 0 unspecified atom stereocenters. The number of aromatic nitrogens is 14. The van der Waals surface area contributed by atoms with E-state index in [0.717, 1.165) is 45.0 Å². The topological polar surface area (TPSA) is 253 Å². The first-order valence-corrected chi connectivity index (χ1v) is 18.4. The fourth-order valence-corrected chi connectivity index (χ4v) is 5.81. The second kappa shape index (κ2) is 17.3. The smallest absolute Gasteiger partial charge is 0.229 e. The van der Waals surface area contributed by atoms with E-state index in [1.165, 1.54) is 0 Å². The average molecular weight is 854 g/mol. The third-order valence-corrected chi connectivity index (χ3v) is 8.51. The largest absolute Gasteiger partial charge is 0.394 e. The Hall–Kier alpha value is -8.12. The fourth-order valence-electron chi connectivity index (χ4n) is 5.81. The van der Waals surface area contributed by atoms with Gasteiger partial charge in [0.2, 0.25) is 17.8 Å². The third-order valence-electron chi connectivity index (χ3n) is 8.51. The monoisotopic (exact) mass is 852 g/mol. The first-order valence-electron chi connectivity index (χ1n) is 17.6. The number of nitrogens with one attached hydrogen (secondary N) is 3. The molecule has 7 aromatic heterocycles. The van der Waals surface area contributed by atoms with Crippen LogP contribution in [0.1, 0.15) is 0 Å². The Bertz CT molecular complexity index is 2860. The number of benzene rings is 2. The van der Waals surface area contributed by atoms with E-state index < -0.39 is 0 Å². The Morgan fingerprint density at radius 2 is 1.05 bits per heavy atom. The van der Waals surface area contributed by atoms with Crippen molar-refractivity contribution in [1.29, 1.82) is 5.26 Å². The molecule has 0 radical (unpaired) electrons. The number of rotatable bonds is 9. The van der Waals surface area contributed by atoms with Crippen LogP contribution in [0.25, 0.3) is 39.1 Å². The minimum Gasteiger partial charge on any atom is -0.394 e. The Morgan fingerprint density at radius 1 is 0.559 bits per heavy atom. The zero-order valence-electron chi connectivity index (χ0n) is 32.1. The summed E-state index contributed by atoms with van der Waals surface area (Å²) in [6.45, 7) is 0. The van der Waals surface area contributed by atoms with Gasteiger partial charge in [0.15, 0.2) is 11.5 Å². The van der Waals surface area contributed by atoms with Gasteiger partial charge in [-0.2, -0.15) is 35.6 Å². The van der Waals surface area contributed by atoms with Crippen molar-refractivity contribution in [1.82, 2.24) is 68.6 Å². The summed E-state index contributed by atoms with van der Waals surface area (Å²) >= 11 is 2.45. The van der Waals surface area contributed by atoms with Gasteiger partial charge in [0.05, 0.1) is 59.9 Å². The Labute approximate surface area is 345 Å². The summed E-state index contributed by atoms with van der Waals surface area (Å²) in [5.74, 6) is 1.76. The number of nitrogens with two attached hydrogens (primary N) is 2. The molecule has 2 aromatic carbocycles. The highest BCUT2D eigenvalue weighted by atomic mass is 79.9. The maximum absolute atomic E-state index is 7.24. The lowest BCUT2D eigenvalue weighted by Gasteiger charge is -2.10. The number of anilines is 8. The van der Waals surface area contributed by atoms with Gasteiger partial charge in [-0.1, -0.05) is 24.3 Å². The fraction of sp³-hybridized carbons (Fsp3) is 0.105. The third kappa shape index (κ3) is 9.47. The number of hydrogen-bond acceptors (Lipinski definition) is 15. The number of hydrogen-bond donors (Lipinski definition) is 5. The van der Waals surface area contributed by atoms with Crippen molar-refractivity contribution in [3.63, 3.8) is 0 Å². The van der Waals surface area contributed by atoms with Crippen molar-refractivity contribution in [3.05, 3.63) is 110 Å². The summed E-state index contributed by atoms with van der Waals surface area (Å²) in [5, 5.41) is 33.4. The quantitative estimate of drug-likeness (QED) is 0.115. The van der Waals surface area contributed by atoms with Crippen LogP contribution in [0.2, 0.25) is 0 Å². The second-order valence-corrected chi connectivity index (χ2v) is 13.3. The van der Waals surface area contributed by atoms with Crippen molar-refractivity contribution in [3.8, 4) is 32.9 Å². The maximum Gasteiger partial charge on any atom is 0.229 e. The van der Waals surface area contributed by atoms with E-state index in [4.69, 9.17) is 16.7 Å². The van der Waals surface area contributed by atoms with Crippen molar-refractivity contribution in [2.24, 2.45) is 28.2 Å². The normalized spacial score (nSPS) is 10.6. The molecular weight excluding hydrogens is 816 g/mol. The Balaban J connectivity index is 0.000000168. The number of nitriles is 1. The van der Waals surface area contributed by atoms with Crippen LogP contribution in [0.5, 0.6) is 0 Å². The Morgan fingerprint density at radius 3 is 1.56 bits per heavy atom. The molecule has 0 amide bonds. The predicted octanol–water partition coefficient (Wildman–Crippen LogP) is 5.82. The number of nitrogen functional groups attached to an aromatic ring is 2. The van der Waals surface area contributed by atoms with E-state index in [9.17, 15) is 0 Å². The van der Waals surface area contributed by atoms with Gasteiger partial charge in [-0.3, -0.25) is 23.3 Å². The molecule has 21 heteroatoms. The number of nitrogens with zero attached hydrogens (tertiary/aromatic N) is 15. The summed E-state index contributed by atoms with van der Waals surface area (Å²) in [6.07, 6.45) is 17.9. The molecule has 0 saturated carbocycles. The van der Waals surface area contributed by atoms with Gasteiger partial charge in [-0.05, 0) is 35.4 Å². The molecule has 9 aromatic rings. The molecule has 0 aliphatic carbocycles. The highest BCUT2D eigenvalue weighted by Gasteiger charge is 2.14. The molecule has 0 aliphatic rings. The van der Waals surface area contributed by atoms with Crippen molar-refractivity contribution < 1.29 is 0 Å². The van der Waals surface area contributed by atoms with Gasteiger partial charge in [0, 0.05) is 85.7 Å². The van der Waals surface area contributed by atoms with Crippen LogP contribution < -0.4 is 27.4 Å². The standard InChI is InChI=1S/C19H18N10.C18H19N9.CBrN/c1-27-10-13(7-22-27)12-3-5-15(6-4-12)29-17-16(25-18(29)20)9-21-19(26-17)24-14-8-23-28(2)11-14;1-26-10-13(7-21-26)12-3-5-14(6-4-12)23-17-16(19)9-20-18(25-17)24-15-8-22-27(2)11-15;2-1-3/h3-11H,1-2H3,(H2,20,25)(H,21,24,26);3-11H,19H2,1-2H3,(H2,20,23,24,25);. The Kier molecular flexibility index (Phi) is 11.5. The number of aryl methyl sites for hydroxylation is 4. The van der Waals surface area contributed by atoms with Crippen LogP contribution in [0, 0.1) is 10.2 Å². The summed E-state index contributed by atoms with van der Waals surface area (Å²) in [6, 6.07) is 16.0. The summed E-state index contributed by atoms with van der Waals surface area (Å²) in [7, 11) is 7.48. The van der Waals surface area contributed by atoms with Gasteiger partial charge >= 0.3 is 0 Å². The lowest BCUT2D eigenvalue weighted by atomic mass is 10.1. The van der Waals surface area contributed by atoms with Crippen LogP contribution in [0.4, 0.5) is 46.4 Å². The lowest BCUT2D eigenvalue weighted by molar-refractivity contribution is 0.768. The van der Waals surface area contributed by atoms with Gasteiger partial charge in [0.25, 0.3) is 0 Å². The van der Waals surface area contributed by atoms with Crippen molar-refractivity contribution in [2.45, 2.75) is 0 Å². The zero-order valence-corrected chi connectivity index (χ0v) is 33.7. The molecule has 20 nitrogen and oxygen atoms in total. The van der Waals surface area contributed by atoms with E-state index in [1.54, 1.807) is 53.1 Å². The minimum atomic E-state index is 0.349. The van der Waals surface area contributed by atoms with Crippen molar-refractivity contribution >= 4 is 73.5 Å². The number of fused-ring (bicyclic) bond motifs is 1. The van der Waals surface area contributed by atoms with Crippen LogP contribution >= 0.6 is 15.9 Å². The van der Waals surface area contributed by atoms with Crippen LogP contribution in [-0.2, 0) is 28.2 Å². The van der Waals surface area contributed by atoms with Gasteiger partial charge < -0.3 is 27.4 Å². The van der Waals surface area contributed by atoms with Crippen molar-refractivity contribution in [2.75, 3.05) is 27.4 Å². The lowest BCUT2D eigenvalue weighted by Crippen LogP contribution is -2.04. The highest BCUT2D eigenvalue weighted by molar-refractivity contribution is 9.12. The molecular formula is C38H37BrN20. The van der Waals surface area contributed by atoms with Gasteiger partial charge in [-0.15, -0.1) is 0 Å². The van der Waals surface area contributed by atoms with Gasteiger partial charge in [0.1, 0.15) is 10.5 Å². The molecule has 0 bridgehead atoms. The molecule has 59 heavy (non-hydrogen) atoms. The maximum atomic E-state index is 7.24. The first-order chi connectivity index (χ1) is 28.5. The SMILES string of the molecule is Cn1cc(Nc2ncc(N)c(Nc3ccc(-c4cnn(C)c4)cc3)n2)cn1.Cn1cc(Nc2ncc3nc(N)n(-c4ccc(-c5cnn(C)c5)cc4)c3n2)cn1.N#CBr. The number of halogens is 1. The van der Waals surface area contributed by atoms with Crippen LogP contribution in [0.15, 0.2) is 110 Å². The van der Waals surface area contributed by atoms with E-state index in [1.807, 2.05) is 114 Å². The van der Waals surface area contributed by atoms with Crippen LogP contribution in [-0.4, -0.2) is 68.6 Å². The molecule has 0 aliphatic heterocycles. The summed E-state index contributed by atoms with van der Waals surface area (Å²) in [4.78, 5) is 23.5. The molecule has 0 fully saturated rings. The van der Waals surface area contributed by atoms with E-state index in [-0.39, 0.29) is 0 Å². The zero-order chi connectivity index (χ0) is 41.5. The van der Waals surface area contributed by atoms with Gasteiger partial charge in [-0.25, -0.2) is 15.0 Å². The first kappa shape index (κ1) is 39.1. The molecule has 0 saturated heterocycles. The molecule has 0 spiro atoms. The summed E-state index contributed by atoms with van der Waals surface area (Å²) in [5.41, 5.74) is 21.5. The second-order valence-electron chi connectivity index (χ2n) is 12.9. The predicted molar refractivity (Wildman–Crippen MR) is 229 cm³/mol. The highest BCUT2D eigenvalue weighted by Crippen LogP contribution is 2.27. The van der Waals surface area contributed by atoms with E-state index in [2.05, 4.69) is 77.2 Å². The number of imidazole rings is 1. The van der Waals surface area contributed by atoms with E-state index >= 15 is 0 Å². The van der Waals surface area contributed by atoms with Crippen LogP contribution in [0.3, 0.4) is 0 Å². The molecule has 7 heterocycles. The molecule has 0 atom stereocenters. The molecule has 296 valence electrons. The molecule has 9 rings (SSSR count). The molecule has 7 N–H and O–H groups in total. The minimum absolute atomic E-state index is 0.349.